The van der Waals surface area contributed by atoms with E-state index in [1.54, 1.807) is 18.2 Å². The molecule has 10 nitrogen and oxygen atoms in total. The Morgan fingerprint density at radius 1 is 1.10 bits per heavy atom. The summed E-state index contributed by atoms with van der Waals surface area (Å²) < 4.78 is 58.5. The Kier molecular flexibility index (Phi) is 6.04. The summed E-state index contributed by atoms with van der Waals surface area (Å²) in [5.74, 6) is -0.600. The molecule has 1 atom stereocenters. The summed E-state index contributed by atoms with van der Waals surface area (Å²) in [5.41, 5.74) is 2.11. The Bertz CT molecular complexity index is 1150. The third kappa shape index (κ3) is 4.12. The van der Waals surface area contributed by atoms with Gasteiger partial charge in [-0.1, -0.05) is 18.2 Å². The molecule has 2 aromatic rings. The first-order valence-electron chi connectivity index (χ1n) is 8.75. The number of benzene rings is 2. The van der Waals surface area contributed by atoms with E-state index in [0.717, 1.165) is 14.9 Å². The van der Waals surface area contributed by atoms with E-state index in [0.29, 0.717) is 11.3 Å². The molecule has 1 amide bonds. The highest BCUT2D eigenvalue weighted by Gasteiger charge is 2.42. The lowest BCUT2D eigenvalue weighted by Gasteiger charge is -2.29. The fraction of sp³-hybridized carbons (Fsp3) is 0.278. The van der Waals surface area contributed by atoms with Gasteiger partial charge in [0.2, 0.25) is 20.0 Å². The van der Waals surface area contributed by atoms with E-state index in [1.165, 1.54) is 42.9 Å². The van der Waals surface area contributed by atoms with Gasteiger partial charge >= 0.3 is 0 Å². The number of sulfonamides is 2. The van der Waals surface area contributed by atoms with Crippen molar-refractivity contribution in [3.8, 4) is 5.75 Å². The molecule has 0 saturated heterocycles. The van der Waals surface area contributed by atoms with E-state index < -0.39 is 38.5 Å². The molecule has 1 unspecified atom stereocenters. The molecule has 2 N–H and O–H groups in total. The third-order valence-electron chi connectivity index (χ3n) is 4.75. The summed E-state index contributed by atoms with van der Waals surface area (Å²) in [6, 6.07) is 10.4. The largest absolute Gasteiger partial charge is 0.497 e. The molecule has 12 heteroatoms. The number of nitrogens with one attached hydrogen (secondary N) is 1. The van der Waals surface area contributed by atoms with Crippen LogP contribution in [0.3, 0.4) is 0 Å². The van der Waals surface area contributed by atoms with Gasteiger partial charge in [0.05, 0.1) is 30.5 Å². The van der Waals surface area contributed by atoms with Gasteiger partial charge in [-0.05, 0) is 35.9 Å². The third-order valence-corrected chi connectivity index (χ3v) is 7.77. The molecule has 0 radical (unpaired) electrons. The summed E-state index contributed by atoms with van der Waals surface area (Å²) in [6.07, 6.45) is 0.964. The van der Waals surface area contributed by atoms with Gasteiger partial charge in [-0.25, -0.2) is 22.3 Å². The van der Waals surface area contributed by atoms with Gasteiger partial charge in [-0.2, -0.15) is 4.31 Å². The van der Waals surface area contributed by atoms with E-state index in [4.69, 9.17) is 4.74 Å². The minimum Gasteiger partial charge on any atom is -0.497 e. The Labute approximate surface area is 174 Å². The SMILES string of the molecule is COc1ccc(S(=O)(=O)N2Cc3ccccc3N(S(C)(=O)=O)CC2C(=O)NO)cc1. The molecule has 0 aliphatic carbocycles. The van der Waals surface area contributed by atoms with Crippen molar-refractivity contribution in [1.29, 1.82) is 0 Å². The normalized spacial score (nSPS) is 17.7. The number of methoxy groups -OCH3 is 1. The molecular weight excluding hydrogens is 434 g/mol. The summed E-state index contributed by atoms with van der Waals surface area (Å²) in [6.45, 7) is -0.772. The number of carbonyl (C=O) groups is 1. The van der Waals surface area contributed by atoms with Crippen LogP contribution in [0.15, 0.2) is 53.4 Å². The number of nitrogens with zero attached hydrogens (tertiary/aromatic N) is 2. The Hall–Kier alpha value is -2.67. The van der Waals surface area contributed by atoms with Crippen molar-refractivity contribution >= 4 is 31.6 Å². The van der Waals surface area contributed by atoms with E-state index in [1.807, 2.05) is 0 Å². The van der Waals surface area contributed by atoms with Crippen molar-refractivity contribution in [1.82, 2.24) is 9.79 Å². The molecule has 2 aromatic carbocycles. The topological polar surface area (TPSA) is 133 Å². The monoisotopic (exact) mass is 455 g/mol. The number of ether oxygens (including phenoxy) is 1. The second-order valence-corrected chi connectivity index (χ2v) is 10.4. The first kappa shape index (κ1) is 22.0. The lowest BCUT2D eigenvalue weighted by Crippen LogP contribution is -2.53. The average molecular weight is 456 g/mol. The van der Waals surface area contributed by atoms with E-state index in [2.05, 4.69) is 0 Å². The number of hydroxylamine groups is 1. The van der Waals surface area contributed by atoms with Crippen LogP contribution in [0.2, 0.25) is 0 Å². The van der Waals surface area contributed by atoms with Crippen LogP contribution < -0.4 is 14.5 Å². The molecule has 162 valence electrons. The Morgan fingerprint density at radius 2 is 1.73 bits per heavy atom. The highest BCUT2D eigenvalue weighted by molar-refractivity contribution is 7.92. The van der Waals surface area contributed by atoms with Gasteiger partial charge in [0.25, 0.3) is 5.91 Å². The van der Waals surface area contributed by atoms with Crippen LogP contribution in [-0.2, 0) is 31.4 Å². The number of para-hydroxylation sites is 1. The first-order valence-corrected chi connectivity index (χ1v) is 12.0. The van der Waals surface area contributed by atoms with Gasteiger partial charge in [0, 0.05) is 6.54 Å². The molecule has 1 aliphatic rings. The van der Waals surface area contributed by atoms with Crippen molar-refractivity contribution in [3.05, 3.63) is 54.1 Å². The molecule has 1 heterocycles. The molecule has 3 rings (SSSR count). The summed E-state index contributed by atoms with van der Waals surface area (Å²) >= 11 is 0. The number of hydrogen-bond acceptors (Lipinski definition) is 7. The highest BCUT2D eigenvalue weighted by Crippen LogP contribution is 2.32. The number of amides is 1. The van der Waals surface area contributed by atoms with Crippen LogP contribution in [0.1, 0.15) is 5.56 Å². The Balaban J connectivity index is 2.17. The number of hydrogen-bond donors (Lipinski definition) is 2. The highest BCUT2D eigenvalue weighted by atomic mass is 32.2. The average Bonchev–Trinajstić information content (AvgIpc) is 2.91. The van der Waals surface area contributed by atoms with Gasteiger partial charge in [0.15, 0.2) is 0 Å². The van der Waals surface area contributed by atoms with Gasteiger partial charge in [-0.15, -0.1) is 0 Å². The predicted molar refractivity (Wildman–Crippen MR) is 108 cm³/mol. The molecule has 0 spiro atoms. The molecular formula is C18H21N3O7S2. The fourth-order valence-corrected chi connectivity index (χ4v) is 5.75. The van der Waals surface area contributed by atoms with Gasteiger partial charge in [0.1, 0.15) is 11.8 Å². The molecule has 1 aliphatic heterocycles. The van der Waals surface area contributed by atoms with Crippen molar-refractivity contribution in [2.45, 2.75) is 17.5 Å². The van der Waals surface area contributed by atoms with E-state index in [-0.39, 0.29) is 17.1 Å². The Morgan fingerprint density at radius 3 is 2.30 bits per heavy atom. The first-order chi connectivity index (χ1) is 14.1. The molecule has 0 saturated carbocycles. The van der Waals surface area contributed by atoms with Crippen LogP contribution in [0.5, 0.6) is 5.75 Å². The number of carbonyl (C=O) groups excluding carboxylic acids is 1. The van der Waals surface area contributed by atoms with Crippen molar-refractivity contribution in [2.24, 2.45) is 0 Å². The summed E-state index contributed by atoms with van der Waals surface area (Å²) in [4.78, 5) is 12.3. The molecule has 0 fully saturated rings. The smallest absolute Gasteiger partial charge is 0.263 e. The van der Waals surface area contributed by atoms with Crippen LogP contribution in [0, 0.1) is 0 Å². The zero-order valence-electron chi connectivity index (χ0n) is 16.2. The van der Waals surface area contributed by atoms with E-state index >= 15 is 0 Å². The standard InChI is InChI=1S/C18H21N3O7S2/c1-28-14-7-9-15(10-8-14)30(26,27)21-11-13-5-3-4-6-16(13)20(29(2,24)25)12-17(21)18(22)19-23/h3-10,17,23H,11-12H2,1-2H3,(H,19,22). The quantitative estimate of drug-likeness (QED) is 0.496. The molecule has 0 bridgehead atoms. The van der Waals surface area contributed by atoms with Gasteiger partial charge < -0.3 is 4.74 Å². The second kappa shape index (κ2) is 8.22. The minimum atomic E-state index is -4.24. The second-order valence-electron chi connectivity index (χ2n) is 6.64. The van der Waals surface area contributed by atoms with Crippen LogP contribution in [-0.4, -0.2) is 58.2 Å². The van der Waals surface area contributed by atoms with Crippen molar-refractivity contribution in [3.63, 3.8) is 0 Å². The zero-order valence-corrected chi connectivity index (χ0v) is 17.9. The maximum Gasteiger partial charge on any atom is 0.263 e. The number of anilines is 1. The summed E-state index contributed by atoms with van der Waals surface area (Å²) in [7, 11) is -6.65. The van der Waals surface area contributed by atoms with E-state index in [9.17, 15) is 26.8 Å². The lowest BCUT2D eigenvalue weighted by atomic mass is 10.2. The maximum absolute atomic E-state index is 13.4. The zero-order chi connectivity index (χ0) is 22.1. The summed E-state index contributed by atoms with van der Waals surface area (Å²) in [5, 5.41) is 9.20. The van der Waals surface area contributed by atoms with Crippen LogP contribution >= 0.6 is 0 Å². The van der Waals surface area contributed by atoms with Gasteiger partial charge in [-0.3, -0.25) is 14.3 Å². The van der Waals surface area contributed by atoms with Crippen molar-refractivity contribution < 1.29 is 31.6 Å². The van der Waals surface area contributed by atoms with Crippen LogP contribution in [0.25, 0.3) is 0 Å². The van der Waals surface area contributed by atoms with Crippen molar-refractivity contribution in [2.75, 3.05) is 24.2 Å². The lowest BCUT2D eigenvalue weighted by molar-refractivity contribution is -0.132. The maximum atomic E-state index is 13.4. The molecule has 30 heavy (non-hydrogen) atoms. The predicted octanol–water partition coefficient (Wildman–Crippen LogP) is 0.540. The van der Waals surface area contributed by atoms with Crippen LogP contribution in [0.4, 0.5) is 5.69 Å². The minimum absolute atomic E-state index is 0.107. The fourth-order valence-electron chi connectivity index (χ4n) is 3.25. The number of fused-ring (bicyclic) bond motifs is 1. The molecule has 0 aromatic heterocycles. The number of rotatable bonds is 5.